The molecule has 3 heteroatoms. The lowest BCUT2D eigenvalue weighted by Crippen LogP contribution is -2.01. The molecule has 0 heterocycles. The van der Waals surface area contributed by atoms with Crippen LogP contribution in [0.4, 0.5) is 0 Å². The Balaban J connectivity index is 5.26. The van der Waals surface area contributed by atoms with Crippen LogP contribution in [-0.2, 0) is 9.84 Å². The quantitative estimate of drug-likeness (QED) is 0.659. The zero-order chi connectivity index (χ0) is 10.6. The summed E-state index contributed by atoms with van der Waals surface area (Å²) in [6.45, 7) is 7.58. The van der Waals surface area contributed by atoms with Crippen molar-refractivity contribution in [1.29, 1.82) is 0 Å². The predicted molar refractivity (Wildman–Crippen MR) is 57.3 cm³/mol. The minimum atomic E-state index is -3.07. The van der Waals surface area contributed by atoms with Gasteiger partial charge < -0.3 is 0 Å². The lowest BCUT2D eigenvalue weighted by atomic mass is 10.2. The van der Waals surface area contributed by atoms with Crippen LogP contribution in [-0.4, -0.2) is 14.7 Å². The van der Waals surface area contributed by atoms with E-state index in [2.05, 4.69) is 0 Å². The Hall–Kier alpha value is -0.570. The van der Waals surface area contributed by atoms with E-state index in [4.69, 9.17) is 0 Å². The molecule has 13 heavy (non-hydrogen) atoms. The highest BCUT2D eigenvalue weighted by molar-refractivity contribution is 7.94. The third-order valence-electron chi connectivity index (χ3n) is 1.83. The molecule has 0 aromatic carbocycles. The molecule has 0 spiro atoms. The molecule has 2 nitrogen and oxygen atoms in total. The molecule has 0 saturated carbocycles. The molecule has 0 amide bonds. The van der Waals surface area contributed by atoms with Crippen LogP contribution in [0, 0.1) is 0 Å². The second kappa shape index (κ2) is 4.61. The van der Waals surface area contributed by atoms with Gasteiger partial charge in [0.1, 0.15) is 0 Å². The fourth-order valence-corrected chi connectivity index (χ4v) is 2.10. The molecule has 0 aliphatic heterocycles. The summed E-state index contributed by atoms with van der Waals surface area (Å²) in [5, 5.41) is 0. The summed E-state index contributed by atoms with van der Waals surface area (Å²) in [4.78, 5) is 0.451. The Kier molecular flexibility index (Phi) is 4.40. The van der Waals surface area contributed by atoms with Gasteiger partial charge in [0, 0.05) is 6.26 Å². The van der Waals surface area contributed by atoms with E-state index >= 15 is 0 Å². The van der Waals surface area contributed by atoms with Gasteiger partial charge in [-0.3, -0.25) is 0 Å². The van der Waals surface area contributed by atoms with Crippen molar-refractivity contribution >= 4 is 9.84 Å². The van der Waals surface area contributed by atoms with Crippen molar-refractivity contribution in [2.45, 2.75) is 34.1 Å². The van der Waals surface area contributed by atoms with Crippen LogP contribution in [0.5, 0.6) is 0 Å². The molecule has 76 valence electrons. The van der Waals surface area contributed by atoms with Crippen LogP contribution in [0.3, 0.4) is 0 Å². The number of rotatable bonds is 3. The van der Waals surface area contributed by atoms with E-state index in [0.29, 0.717) is 4.91 Å². The van der Waals surface area contributed by atoms with Crippen molar-refractivity contribution in [2.75, 3.05) is 6.26 Å². The Morgan fingerprint density at radius 1 is 1.23 bits per heavy atom. The second-order valence-corrected chi connectivity index (χ2v) is 5.46. The van der Waals surface area contributed by atoms with Gasteiger partial charge in [-0.1, -0.05) is 18.1 Å². The van der Waals surface area contributed by atoms with Crippen molar-refractivity contribution in [3.63, 3.8) is 0 Å². The van der Waals surface area contributed by atoms with Crippen molar-refractivity contribution in [2.24, 2.45) is 0 Å². The van der Waals surface area contributed by atoms with Crippen molar-refractivity contribution in [1.82, 2.24) is 0 Å². The highest BCUT2D eigenvalue weighted by Crippen LogP contribution is 2.15. The van der Waals surface area contributed by atoms with Crippen LogP contribution in [0.15, 0.2) is 22.1 Å². The SMILES string of the molecule is CC/C(C)=C\C(=C(C)C)S(C)(=O)=O. The summed E-state index contributed by atoms with van der Waals surface area (Å²) in [6, 6.07) is 0. The van der Waals surface area contributed by atoms with Gasteiger partial charge in [-0.2, -0.15) is 0 Å². The molecule has 0 N–H and O–H groups in total. The van der Waals surface area contributed by atoms with E-state index in [9.17, 15) is 8.42 Å². The van der Waals surface area contributed by atoms with Crippen LogP contribution < -0.4 is 0 Å². The molecule has 0 unspecified atom stereocenters. The molecular formula is C10H18O2S. The van der Waals surface area contributed by atoms with Gasteiger partial charge >= 0.3 is 0 Å². The second-order valence-electron chi connectivity index (χ2n) is 3.48. The fourth-order valence-electron chi connectivity index (χ4n) is 0.948. The number of hydrogen-bond donors (Lipinski definition) is 0. The predicted octanol–water partition coefficient (Wildman–Crippen LogP) is 2.68. The first kappa shape index (κ1) is 12.4. The first-order valence-electron chi connectivity index (χ1n) is 4.33. The topological polar surface area (TPSA) is 34.1 Å². The zero-order valence-corrected chi connectivity index (χ0v) is 9.83. The standard InChI is InChI=1S/C10H18O2S/c1-6-9(4)7-10(8(2)3)13(5,11)12/h7H,6H2,1-5H3/b9-7-. The monoisotopic (exact) mass is 202 g/mol. The molecule has 0 aliphatic rings. The molecule has 0 saturated heterocycles. The van der Waals surface area contributed by atoms with Crippen molar-refractivity contribution in [3.05, 3.63) is 22.1 Å². The van der Waals surface area contributed by atoms with Crippen molar-refractivity contribution < 1.29 is 8.42 Å². The van der Waals surface area contributed by atoms with Crippen LogP contribution in [0.1, 0.15) is 34.1 Å². The molecule has 0 radical (unpaired) electrons. The molecule has 0 aromatic rings. The first-order chi connectivity index (χ1) is 5.79. The summed E-state index contributed by atoms with van der Waals surface area (Å²) >= 11 is 0. The Morgan fingerprint density at radius 3 is 1.92 bits per heavy atom. The normalized spacial score (nSPS) is 12.8. The smallest absolute Gasteiger partial charge is 0.175 e. The Labute approximate surface area is 81.3 Å². The lowest BCUT2D eigenvalue weighted by Gasteiger charge is -2.03. The van der Waals surface area contributed by atoms with Gasteiger partial charge in [-0.15, -0.1) is 0 Å². The van der Waals surface area contributed by atoms with E-state index < -0.39 is 9.84 Å². The summed E-state index contributed by atoms with van der Waals surface area (Å²) in [5.74, 6) is 0. The number of hydrogen-bond acceptors (Lipinski definition) is 2. The molecule has 0 rings (SSSR count). The van der Waals surface area contributed by atoms with Gasteiger partial charge in [-0.05, 0) is 33.3 Å². The van der Waals surface area contributed by atoms with Gasteiger partial charge in [0.15, 0.2) is 9.84 Å². The Bertz CT molecular complexity index is 328. The molecule has 0 aromatic heterocycles. The molecule has 0 fully saturated rings. The van der Waals surface area contributed by atoms with E-state index in [1.807, 2.05) is 27.7 Å². The highest BCUT2D eigenvalue weighted by Gasteiger charge is 2.09. The van der Waals surface area contributed by atoms with Gasteiger partial charge in [0.2, 0.25) is 0 Å². The average molecular weight is 202 g/mol. The maximum Gasteiger partial charge on any atom is 0.175 e. The molecule has 0 atom stereocenters. The maximum atomic E-state index is 11.3. The number of allylic oxidation sites excluding steroid dienone is 3. The van der Waals surface area contributed by atoms with Crippen LogP contribution in [0.25, 0.3) is 0 Å². The lowest BCUT2D eigenvalue weighted by molar-refractivity contribution is 0.608. The first-order valence-corrected chi connectivity index (χ1v) is 6.23. The fraction of sp³-hybridized carbons (Fsp3) is 0.600. The zero-order valence-electron chi connectivity index (χ0n) is 9.01. The number of sulfone groups is 1. The van der Waals surface area contributed by atoms with Gasteiger partial charge in [-0.25, -0.2) is 8.42 Å². The summed E-state index contributed by atoms with van der Waals surface area (Å²) < 4.78 is 22.6. The van der Waals surface area contributed by atoms with Crippen LogP contribution in [0.2, 0.25) is 0 Å². The van der Waals surface area contributed by atoms with E-state index in [-0.39, 0.29) is 0 Å². The van der Waals surface area contributed by atoms with Gasteiger partial charge in [0.05, 0.1) is 4.91 Å². The van der Waals surface area contributed by atoms with Crippen molar-refractivity contribution in [3.8, 4) is 0 Å². The molecule has 0 bridgehead atoms. The van der Waals surface area contributed by atoms with E-state index in [1.165, 1.54) is 6.26 Å². The van der Waals surface area contributed by atoms with E-state index in [1.54, 1.807) is 6.08 Å². The minimum Gasteiger partial charge on any atom is -0.224 e. The third kappa shape index (κ3) is 4.27. The third-order valence-corrected chi connectivity index (χ3v) is 3.15. The van der Waals surface area contributed by atoms with Gasteiger partial charge in [0.25, 0.3) is 0 Å². The summed E-state index contributed by atoms with van der Waals surface area (Å²) in [5.41, 5.74) is 1.93. The highest BCUT2D eigenvalue weighted by atomic mass is 32.2. The molecular weight excluding hydrogens is 184 g/mol. The Morgan fingerprint density at radius 2 is 1.69 bits per heavy atom. The maximum absolute atomic E-state index is 11.3. The average Bonchev–Trinajstić information content (AvgIpc) is 1.96. The van der Waals surface area contributed by atoms with Crippen LogP contribution >= 0.6 is 0 Å². The minimum absolute atomic E-state index is 0.451. The summed E-state index contributed by atoms with van der Waals surface area (Å²) in [7, 11) is -3.07. The largest absolute Gasteiger partial charge is 0.224 e. The molecule has 0 aliphatic carbocycles. The van der Waals surface area contributed by atoms with E-state index in [0.717, 1.165) is 17.6 Å². The summed E-state index contributed by atoms with van der Waals surface area (Å²) in [6.07, 6.45) is 3.88.